The third kappa shape index (κ3) is 3.40. The lowest BCUT2D eigenvalue weighted by Crippen LogP contribution is -2.30. The van der Waals surface area contributed by atoms with Crippen LogP contribution in [0.1, 0.15) is 25.5 Å². The van der Waals surface area contributed by atoms with Gasteiger partial charge >= 0.3 is 0 Å². The second-order valence-corrected chi connectivity index (χ2v) is 3.93. The molecule has 1 aromatic rings. The van der Waals surface area contributed by atoms with Crippen molar-refractivity contribution in [2.45, 2.75) is 26.0 Å². The molecular formula is C11H16ClF2NO. The van der Waals surface area contributed by atoms with E-state index in [0.29, 0.717) is 5.56 Å². The molecule has 0 saturated heterocycles. The fourth-order valence-corrected chi connectivity index (χ4v) is 1.33. The summed E-state index contributed by atoms with van der Waals surface area (Å²) in [6.07, 6.45) is -0.769. The van der Waals surface area contributed by atoms with Crippen LogP contribution in [0.4, 0.5) is 8.78 Å². The highest BCUT2D eigenvalue weighted by Crippen LogP contribution is 2.21. The van der Waals surface area contributed by atoms with Crippen molar-refractivity contribution >= 4 is 12.4 Å². The van der Waals surface area contributed by atoms with E-state index in [9.17, 15) is 13.9 Å². The summed E-state index contributed by atoms with van der Waals surface area (Å²) in [5.74, 6) is -1.89. The molecule has 0 bridgehead atoms. The number of hydrogen-bond acceptors (Lipinski definition) is 2. The molecule has 0 aromatic heterocycles. The van der Waals surface area contributed by atoms with Crippen LogP contribution in [0.5, 0.6) is 0 Å². The molecular weight excluding hydrogens is 236 g/mol. The standard InChI is InChI=1S/C11H15F2NO.ClH/c1-6(2)11(15)10(14)7-3-4-8(12)9(13)5-7;/h3-6,10-11,15H,14H2,1-2H3;1H/t10-,11+;/m1./s1. The van der Waals surface area contributed by atoms with Gasteiger partial charge in [-0.05, 0) is 23.6 Å². The summed E-state index contributed by atoms with van der Waals surface area (Å²) in [5.41, 5.74) is 6.12. The van der Waals surface area contributed by atoms with Crippen molar-refractivity contribution in [2.24, 2.45) is 11.7 Å². The van der Waals surface area contributed by atoms with E-state index in [2.05, 4.69) is 0 Å². The van der Waals surface area contributed by atoms with Crippen LogP contribution in [0.3, 0.4) is 0 Å². The Morgan fingerprint density at radius 1 is 1.19 bits per heavy atom. The van der Waals surface area contributed by atoms with Crippen LogP contribution in [0.2, 0.25) is 0 Å². The molecule has 0 aliphatic rings. The number of halogens is 3. The summed E-state index contributed by atoms with van der Waals surface area (Å²) in [5, 5.41) is 9.67. The van der Waals surface area contributed by atoms with Gasteiger partial charge in [0.25, 0.3) is 0 Å². The van der Waals surface area contributed by atoms with Crippen LogP contribution in [0.15, 0.2) is 18.2 Å². The van der Waals surface area contributed by atoms with Crippen LogP contribution < -0.4 is 5.73 Å². The lowest BCUT2D eigenvalue weighted by molar-refractivity contribution is 0.0978. The number of aliphatic hydroxyl groups is 1. The monoisotopic (exact) mass is 251 g/mol. The second kappa shape index (κ2) is 6.13. The summed E-state index contributed by atoms with van der Waals surface area (Å²) in [4.78, 5) is 0. The maximum absolute atomic E-state index is 12.9. The molecule has 1 aromatic carbocycles. The maximum Gasteiger partial charge on any atom is 0.159 e. The van der Waals surface area contributed by atoms with E-state index in [1.54, 1.807) is 0 Å². The number of aliphatic hydroxyl groups excluding tert-OH is 1. The van der Waals surface area contributed by atoms with E-state index in [4.69, 9.17) is 5.73 Å². The molecule has 1 rings (SSSR count). The highest BCUT2D eigenvalue weighted by Gasteiger charge is 2.20. The van der Waals surface area contributed by atoms with Crippen molar-refractivity contribution < 1.29 is 13.9 Å². The van der Waals surface area contributed by atoms with Crippen molar-refractivity contribution in [1.29, 1.82) is 0 Å². The SMILES string of the molecule is CC(C)[C@H](O)[C@H](N)c1ccc(F)c(F)c1.Cl. The molecule has 0 spiro atoms. The average Bonchev–Trinajstić information content (AvgIpc) is 2.19. The fourth-order valence-electron chi connectivity index (χ4n) is 1.33. The Balaban J connectivity index is 0.00000225. The van der Waals surface area contributed by atoms with Gasteiger partial charge in [-0.2, -0.15) is 0 Å². The average molecular weight is 252 g/mol. The number of nitrogens with two attached hydrogens (primary N) is 1. The third-order valence-corrected chi connectivity index (χ3v) is 2.38. The van der Waals surface area contributed by atoms with Crippen molar-refractivity contribution in [3.63, 3.8) is 0 Å². The third-order valence-electron chi connectivity index (χ3n) is 2.38. The molecule has 16 heavy (non-hydrogen) atoms. The summed E-state index contributed by atoms with van der Waals surface area (Å²) in [7, 11) is 0. The van der Waals surface area contributed by atoms with Gasteiger partial charge in [-0.15, -0.1) is 12.4 Å². The van der Waals surface area contributed by atoms with Crippen molar-refractivity contribution in [2.75, 3.05) is 0 Å². The van der Waals surface area contributed by atoms with Gasteiger partial charge in [-0.3, -0.25) is 0 Å². The first-order valence-electron chi connectivity index (χ1n) is 4.82. The highest BCUT2D eigenvalue weighted by molar-refractivity contribution is 5.85. The molecule has 0 fully saturated rings. The van der Waals surface area contributed by atoms with Gasteiger partial charge in [0.05, 0.1) is 12.1 Å². The Morgan fingerprint density at radius 3 is 2.19 bits per heavy atom. The van der Waals surface area contributed by atoms with Crippen molar-refractivity contribution in [1.82, 2.24) is 0 Å². The van der Waals surface area contributed by atoms with Crippen LogP contribution in [0.25, 0.3) is 0 Å². The molecule has 2 atom stereocenters. The summed E-state index contributed by atoms with van der Waals surface area (Å²) in [6, 6.07) is 2.72. The molecule has 0 radical (unpaired) electrons. The first kappa shape index (κ1) is 15.3. The van der Waals surface area contributed by atoms with E-state index in [1.165, 1.54) is 6.07 Å². The normalized spacial score (nSPS) is 14.4. The zero-order valence-electron chi connectivity index (χ0n) is 9.15. The van der Waals surface area contributed by atoms with E-state index in [0.717, 1.165) is 12.1 Å². The van der Waals surface area contributed by atoms with E-state index >= 15 is 0 Å². The van der Waals surface area contributed by atoms with Crippen LogP contribution >= 0.6 is 12.4 Å². The van der Waals surface area contributed by atoms with E-state index in [1.807, 2.05) is 13.8 Å². The molecule has 92 valence electrons. The molecule has 0 amide bonds. The summed E-state index contributed by atoms with van der Waals surface area (Å²) >= 11 is 0. The number of benzene rings is 1. The van der Waals surface area contributed by atoms with Gasteiger partial charge in [0.1, 0.15) is 0 Å². The van der Waals surface area contributed by atoms with Crippen molar-refractivity contribution in [3.8, 4) is 0 Å². The van der Waals surface area contributed by atoms with Gasteiger partial charge < -0.3 is 10.8 Å². The van der Waals surface area contributed by atoms with Gasteiger partial charge in [0.2, 0.25) is 0 Å². The van der Waals surface area contributed by atoms with Crippen LogP contribution in [-0.2, 0) is 0 Å². The van der Waals surface area contributed by atoms with Crippen LogP contribution in [-0.4, -0.2) is 11.2 Å². The molecule has 0 aliphatic heterocycles. The number of hydrogen-bond donors (Lipinski definition) is 2. The molecule has 5 heteroatoms. The Hall–Kier alpha value is -0.710. The first-order chi connectivity index (χ1) is 6.93. The Bertz CT molecular complexity index is 347. The van der Waals surface area contributed by atoms with E-state index < -0.39 is 23.8 Å². The summed E-state index contributed by atoms with van der Waals surface area (Å²) < 4.78 is 25.5. The predicted octanol–water partition coefficient (Wildman–Crippen LogP) is 2.40. The molecule has 0 aliphatic carbocycles. The lowest BCUT2D eigenvalue weighted by Gasteiger charge is -2.22. The molecule has 0 saturated carbocycles. The minimum absolute atomic E-state index is 0. The zero-order chi connectivity index (χ0) is 11.6. The minimum Gasteiger partial charge on any atom is -0.391 e. The van der Waals surface area contributed by atoms with E-state index in [-0.39, 0.29) is 18.3 Å². The second-order valence-electron chi connectivity index (χ2n) is 3.93. The maximum atomic E-state index is 12.9. The quantitative estimate of drug-likeness (QED) is 0.867. The van der Waals surface area contributed by atoms with Crippen LogP contribution in [0, 0.1) is 17.6 Å². The predicted molar refractivity (Wildman–Crippen MR) is 61.4 cm³/mol. The lowest BCUT2D eigenvalue weighted by atomic mass is 9.94. The minimum atomic E-state index is -0.945. The Morgan fingerprint density at radius 2 is 1.75 bits per heavy atom. The summed E-state index contributed by atoms with van der Waals surface area (Å²) in [6.45, 7) is 3.62. The van der Waals surface area contributed by atoms with Gasteiger partial charge in [0.15, 0.2) is 11.6 Å². The first-order valence-corrected chi connectivity index (χ1v) is 4.82. The van der Waals surface area contributed by atoms with Gasteiger partial charge in [0, 0.05) is 0 Å². The zero-order valence-corrected chi connectivity index (χ0v) is 9.97. The number of rotatable bonds is 3. The molecule has 0 unspecified atom stereocenters. The molecule has 0 heterocycles. The highest BCUT2D eigenvalue weighted by atomic mass is 35.5. The molecule has 2 nitrogen and oxygen atoms in total. The smallest absolute Gasteiger partial charge is 0.159 e. The Labute approximate surface area is 99.9 Å². The van der Waals surface area contributed by atoms with Gasteiger partial charge in [-0.1, -0.05) is 19.9 Å². The van der Waals surface area contributed by atoms with Gasteiger partial charge in [-0.25, -0.2) is 8.78 Å². The molecule has 3 N–H and O–H groups in total. The largest absolute Gasteiger partial charge is 0.391 e. The fraction of sp³-hybridized carbons (Fsp3) is 0.455. The topological polar surface area (TPSA) is 46.2 Å². The Kier molecular flexibility index (Phi) is 5.86. The van der Waals surface area contributed by atoms with Crippen molar-refractivity contribution in [3.05, 3.63) is 35.4 Å².